The first-order valence-corrected chi connectivity index (χ1v) is 7.93. The zero-order valence-corrected chi connectivity index (χ0v) is 13.1. The smallest absolute Gasteiger partial charge is 0.276 e. The molecule has 1 saturated heterocycles. The Kier molecular flexibility index (Phi) is 4.00. The van der Waals surface area contributed by atoms with Crippen LogP contribution in [0.2, 0.25) is 0 Å². The highest BCUT2D eigenvalue weighted by atomic mass is 16.6. The van der Waals surface area contributed by atoms with E-state index in [4.69, 9.17) is 14.2 Å². The van der Waals surface area contributed by atoms with E-state index in [1.165, 1.54) is 0 Å². The molecule has 2 aliphatic rings. The average molecular weight is 327 g/mol. The van der Waals surface area contributed by atoms with E-state index in [2.05, 4.69) is 9.97 Å². The Bertz CT molecular complexity index is 745. The van der Waals surface area contributed by atoms with E-state index in [1.54, 1.807) is 4.90 Å². The molecule has 24 heavy (non-hydrogen) atoms. The minimum atomic E-state index is -0.181. The molecule has 0 saturated carbocycles. The highest BCUT2D eigenvalue weighted by Gasteiger charge is 2.29. The molecule has 7 nitrogen and oxygen atoms in total. The Morgan fingerprint density at radius 2 is 1.71 bits per heavy atom. The molecule has 0 unspecified atom stereocenters. The van der Waals surface area contributed by atoms with Gasteiger partial charge in [-0.05, 0) is 0 Å². The van der Waals surface area contributed by atoms with Gasteiger partial charge in [-0.3, -0.25) is 4.79 Å². The van der Waals surface area contributed by atoms with E-state index in [0.717, 1.165) is 5.56 Å². The molecule has 7 heteroatoms. The average Bonchev–Trinajstić information content (AvgIpc) is 2.68. The zero-order chi connectivity index (χ0) is 16.4. The quantitative estimate of drug-likeness (QED) is 0.830. The van der Waals surface area contributed by atoms with Gasteiger partial charge in [-0.15, -0.1) is 0 Å². The zero-order valence-electron chi connectivity index (χ0n) is 13.1. The Morgan fingerprint density at radius 1 is 0.958 bits per heavy atom. The second-order valence-corrected chi connectivity index (χ2v) is 5.50. The Hall–Kier alpha value is -2.67. The van der Waals surface area contributed by atoms with Crippen LogP contribution in [0.15, 0.2) is 30.3 Å². The third-order valence-corrected chi connectivity index (χ3v) is 3.94. The van der Waals surface area contributed by atoms with E-state index in [0.29, 0.717) is 57.0 Å². The molecule has 0 atom stereocenters. The van der Waals surface area contributed by atoms with Gasteiger partial charge >= 0.3 is 0 Å². The predicted octanol–water partition coefficient (Wildman–Crippen LogP) is 1.39. The number of fused-ring (bicyclic) bond motifs is 1. The van der Waals surface area contributed by atoms with Crippen LogP contribution in [0.1, 0.15) is 10.5 Å². The second-order valence-electron chi connectivity index (χ2n) is 5.50. The molecule has 0 N–H and O–H groups in total. The van der Waals surface area contributed by atoms with Gasteiger partial charge in [-0.25, -0.2) is 4.98 Å². The van der Waals surface area contributed by atoms with Crippen molar-refractivity contribution in [2.24, 2.45) is 0 Å². The standard InChI is InChI=1S/C17H17N3O4/c21-17(20-6-8-22-9-7-20)13-14-16(24-11-10-23-14)19-15(18-13)12-4-2-1-3-5-12/h1-5H,6-11H2. The number of aromatic nitrogens is 2. The molecule has 2 aromatic rings. The summed E-state index contributed by atoms with van der Waals surface area (Å²) >= 11 is 0. The summed E-state index contributed by atoms with van der Waals surface area (Å²) in [7, 11) is 0. The highest BCUT2D eigenvalue weighted by Crippen LogP contribution is 2.34. The van der Waals surface area contributed by atoms with Crippen LogP contribution in [0, 0.1) is 0 Å². The predicted molar refractivity (Wildman–Crippen MR) is 85.2 cm³/mol. The van der Waals surface area contributed by atoms with Gasteiger partial charge in [-0.2, -0.15) is 4.98 Å². The van der Waals surface area contributed by atoms with Crippen molar-refractivity contribution in [3.8, 4) is 23.0 Å². The first-order chi connectivity index (χ1) is 11.8. The van der Waals surface area contributed by atoms with Gasteiger partial charge in [0.15, 0.2) is 11.5 Å². The van der Waals surface area contributed by atoms with Crippen LogP contribution >= 0.6 is 0 Å². The van der Waals surface area contributed by atoms with E-state index >= 15 is 0 Å². The Balaban J connectivity index is 1.77. The van der Waals surface area contributed by atoms with Crippen molar-refractivity contribution in [3.05, 3.63) is 36.0 Å². The lowest BCUT2D eigenvalue weighted by molar-refractivity contribution is 0.0293. The van der Waals surface area contributed by atoms with Gasteiger partial charge < -0.3 is 19.1 Å². The Labute approximate surface area is 139 Å². The summed E-state index contributed by atoms with van der Waals surface area (Å²) in [5, 5.41) is 0. The number of ether oxygens (including phenoxy) is 3. The fourth-order valence-corrected chi connectivity index (χ4v) is 2.72. The van der Waals surface area contributed by atoms with Crippen molar-refractivity contribution < 1.29 is 19.0 Å². The molecule has 2 aliphatic heterocycles. The fraction of sp³-hybridized carbons (Fsp3) is 0.353. The SMILES string of the molecule is O=C(c1nc(-c2ccccc2)nc2c1OCCO2)N1CCOCC1. The maximum Gasteiger partial charge on any atom is 0.276 e. The summed E-state index contributed by atoms with van der Waals surface area (Å²) in [6, 6.07) is 9.52. The summed E-state index contributed by atoms with van der Waals surface area (Å²) in [5.41, 5.74) is 1.07. The highest BCUT2D eigenvalue weighted by molar-refractivity contribution is 5.96. The van der Waals surface area contributed by atoms with Gasteiger partial charge in [0.05, 0.1) is 13.2 Å². The third-order valence-electron chi connectivity index (χ3n) is 3.94. The molecule has 0 spiro atoms. The van der Waals surface area contributed by atoms with Gasteiger partial charge in [0.2, 0.25) is 5.75 Å². The van der Waals surface area contributed by atoms with Crippen LogP contribution in [0.25, 0.3) is 11.4 Å². The van der Waals surface area contributed by atoms with E-state index in [1.807, 2.05) is 30.3 Å². The number of carbonyl (C=O) groups is 1. The topological polar surface area (TPSA) is 73.8 Å². The number of morpholine rings is 1. The number of rotatable bonds is 2. The van der Waals surface area contributed by atoms with Crippen LogP contribution in [0.4, 0.5) is 0 Å². The van der Waals surface area contributed by atoms with Crippen LogP contribution in [0.3, 0.4) is 0 Å². The van der Waals surface area contributed by atoms with Crippen molar-refractivity contribution in [2.45, 2.75) is 0 Å². The molecule has 0 radical (unpaired) electrons. The number of hydrogen-bond donors (Lipinski definition) is 0. The molecule has 1 aromatic heterocycles. The van der Waals surface area contributed by atoms with Crippen LogP contribution in [-0.2, 0) is 4.74 Å². The maximum atomic E-state index is 12.9. The number of amides is 1. The summed E-state index contributed by atoms with van der Waals surface area (Å²) in [4.78, 5) is 23.5. The van der Waals surface area contributed by atoms with Crippen LogP contribution < -0.4 is 9.47 Å². The van der Waals surface area contributed by atoms with Gasteiger partial charge in [0.1, 0.15) is 13.2 Å². The summed E-state index contributed by atoms with van der Waals surface area (Å²) in [6.45, 7) is 2.93. The van der Waals surface area contributed by atoms with Gasteiger partial charge in [-0.1, -0.05) is 30.3 Å². The van der Waals surface area contributed by atoms with Crippen LogP contribution in [0.5, 0.6) is 11.6 Å². The Morgan fingerprint density at radius 3 is 2.50 bits per heavy atom. The molecule has 1 aromatic carbocycles. The molecule has 0 bridgehead atoms. The lowest BCUT2D eigenvalue weighted by Gasteiger charge is -2.28. The largest absolute Gasteiger partial charge is 0.483 e. The normalized spacial score (nSPS) is 16.8. The van der Waals surface area contributed by atoms with E-state index < -0.39 is 0 Å². The molecular weight excluding hydrogens is 310 g/mol. The lowest BCUT2D eigenvalue weighted by Crippen LogP contribution is -2.41. The minimum Gasteiger partial charge on any atom is -0.483 e. The molecule has 1 fully saturated rings. The van der Waals surface area contributed by atoms with Gasteiger partial charge in [0, 0.05) is 18.7 Å². The van der Waals surface area contributed by atoms with Crippen molar-refractivity contribution >= 4 is 5.91 Å². The monoisotopic (exact) mass is 327 g/mol. The molecule has 4 rings (SSSR count). The minimum absolute atomic E-state index is 0.181. The van der Waals surface area contributed by atoms with Gasteiger partial charge in [0.25, 0.3) is 11.8 Å². The maximum absolute atomic E-state index is 12.9. The number of benzene rings is 1. The number of carbonyl (C=O) groups excluding carboxylic acids is 1. The lowest BCUT2D eigenvalue weighted by atomic mass is 10.2. The molecule has 1 amide bonds. The molecule has 0 aliphatic carbocycles. The summed E-state index contributed by atoms with van der Waals surface area (Å²) < 4.78 is 16.5. The first-order valence-electron chi connectivity index (χ1n) is 7.93. The third kappa shape index (κ3) is 2.78. The number of nitrogens with zero attached hydrogens (tertiary/aromatic N) is 3. The first kappa shape index (κ1) is 14.9. The molecule has 3 heterocycles. The fourth-order valence-electron chi connectivity index (χ4n) is 2.72. The van der Waals surface area contributed by atoms with Crippen molar-refractivity contribution in [1.29, 1.82) is 0 Å². The summed E-state index contributed by atoms with van der Waals surface area (Å²) in [5.74, 6) is 0.931. The van der Waals surface area contributed by atoms with Crippen molar-refractivity contribution in [2.75, 3.05) is 39.5 Å². The van der Waals surface area contributed by atoms with Crippen LogP contribution in [-0.4, -0.2) is 60.3 Å². The van der Waals surface area contributed by atoms with Crippen molar-refractivity contribution in [3.63, 3.8) is 0 Å². The van der Waals surface area contributed by atoms with Crippen molar-refractivity contribution in [1.82, 2.24) is 14.9 Å². The van der Waals surface area contributed by atoms with E-state index in [-0.39, 0.29) is 11.6 Å². The van der Waals surface area contributed by atoms with E-state index in [9.17, 15) is 4.79 Å². The number of hydrogen-bond acceptors (Lipinski definition) is 6. The molecule has 124 valence electrons. The molecular formula is C17H17N3O4. The second kappa shape index (κ2) is 6.45. The summed E-state index contributed by atoms with van der Waals surface area (Å²) in [6.07, 6.45) is 0.